The van der Waals surface area contributed by atoms with E-state index in [1.807, 2.05) is 37.3 Å². The molecular formula is C19H20INO3S. The standard InChI is InChI=1S/C19H20INO3S/c1-15-9-11-17(12-10-15)25(22,23)21-18-8-5-13-19(14-20,24-18)16-6-3-2-4-7-16/h2-4,6-7,9-12H,5,8,13-14H2,1H3/b21-18-/t19-/m0/s1. The van der Waals surface area contributed by atoms with Crippen molar-refractivity contribution in [2.45, 2.75) is 36.7 Å². The molecule has 0 radical (unpaired) electrons. The van der Waals surface area contributed by atoms with E-state index in [2.05, 4.69) is 27.0 Å². The van der Waals surface area contributed by atoms with Gasteiger partial charge in [0.25, 0.3) is 10.0 Å². The molecule has 1 saturated heterocycles. The van der Waals surface area contributed by atoms with Crippen LogP contribution in [0, 0.1) is 6.92 Å². The van der Waals surface area contributed by atoms with Gasteiger partial charge >= 0.3 is 0 Å². The number of halogens is 1. The molecule has 4 nitrogen and oxygen atoms in total. The third-order valence-corrected chi connectivity index (χ3v) is 6.89. The minimum atomic E-state index is -3.76. The van der Waals surface area contributed by atoms with Crippen molar-refractivity contribution >= 4 is 38.5 Å². The Morgan fingerprint density at radius 3 is 2.44 bits per heavy atom. The molecule has 2 aromatic rings. The maximum absolute atomic E-state index is 12.6. The summed E-state index contributed by atoms with van der Waals surface area (Å²) in [5.74, 6) is 0.298. The fourth-order valence-corrected chi connectivity index (χ4v) is 4.89. The molecule has 1 aliphatic rings. The summed E-state index contributed by atoms with van der Waals surface area (Å²) in [5.41, 5.74) is 1.56. The van der Waals surface area contributed by atoms with Gasteiger partial charge in [-0.25, -0.2) is 0 Å². The minimum Gasteiger partial charge on any atom is -0.468 e. The van der Waals surface area contributed by atoms with Crippen LogP contribution >= 0.6 is 22.6 Å². The van der Waals surface area contributed by atoms with Gasteiger partial charge in [-0.3, -0.25) is 0 Å². The summed E-state index contributed by atoms with van der Waals surface area (Å²) < 4.78 is 36.0. The SMILES string of the molecule is Cc1ccc(S(=O)(=O)/N=C2/CCC[C@](CI)(c3ccccc3)O2)cc1. The summed E-state index contributed by atoms with van der Waals surface area (Å²) >= 11 is 2.30. The molecule has 0 amide bonds. The van der Waals surface area contributed by atoms with Crippen LogP contribution in [0.2, 0.25) is 0 Å². The highest BCUT2D eigenvalue weighted by atomic mass is 127. The Hall–Kier alpha value is -1.41. The van der Waals surface area contributed by atoms with Crippen LogP contribution in [0.15, 0.2) is 63.9 Å². The van der Waals surface area contributed by atoms with Crippen molar-refractivity contribution in [3.63, 3.8) is 0 Å². The monoisotopic (exact) mass is 469 g/mol. The molecule has 25 heavy (non-hydrogen) atoms. The maximum atomic E-state index is 12.6. The Balaban J connectivity index is 1.92. The van der Waals surface area contributed by atoms with Gasteiger partial charge in [0.2, 0.25) is 5.90 Å². The van der Waals surface area contributed by atoms with Crippen LogP contribution in [0.1, 0.15) is 30.4 Å². The third kappa shape index (κ3) is 4.06. The molecule has 1 heterocycles. The van der Waals surface area contributed by atoms with E-state index in [1.54, 1.807) is 24.3 Å². The molecule has 1 atom stereocenters. The molecule has 1 fully saturated rings. The Morgan fingerprint density at radius 2 is 1.80 bits per heavy atom. The molecule has 0 N–H and O–H groups in total. The highest BCUT2D eigenvalue weighted by Gasteiger charge is 2.38. The number of hydrogen-bond donors (Lipinski definition) is 0. The van der Waals surface area contributed by atoms with Crippen LogP contribution in [0.25, 0.3) is 0 Å². The number of nitrogens with zero attached hydrogens (tertiary/aromatic N) is 1. The first-order chi connectivity index (χ1) is 12.0. The Labute approximate surface area is 162 Å². The second-order valence-corrected chi connectivity index (χ2v) is 8.59. The molecule has 0 aliphatic carbocycles. The van der Waals surface area contributed by atoms with E-state index < -0.39 is 15.6 Å². The first kappa shape index (κ1) is 18.4. The largest absolute Gasteiger partial charge is 0.468 e. The third-order valence-electron chi connectivity index (χ3n) is 4.34. The van der Waals surface area contributed by atoms with Gasteiger partial charge in [0, 0.05) is 10.8 Å². The lowest BCUT2D eigenvalue weighted by molar-refractivity contribution is 0.0484. The number of sulfonamides is 1. The molecule has 3 rings (SSSR count). The fourth-order valence-electron chi connectivity index (χ4n) is 2.93. The average Bonchev–Trinajstić information content (AvgIpc) is 2.62. The quantitative estimate of drug-likeness (QED) is 0.486. The van der Waals surface area contributed by atoms with Gasteiger partial charge in [0.1, 0.15) is 5.60 Å². The topological polar surface area (TPSA) is 55.7 Å². The van der Waals surface area contributed by atoms with Crippen molar-refractivity contribution in [1.82, 2.24) is 0 Å². The number of benzene rings is 2. The van der Waals surface area contributed by atoms with Gasteiger partial charge in [-0.2, -0.15) is 8.42 Å². The van der Waals surface area contributed by atoms with E-state index in [9.17, 15) is 8.42 Å². The fraction of sp³-hybridized carbons (Fsp3) is 0.316. The number of alkyl halides is 1. The molecular weight excluding hydrogens is 449 g/mol. The second-order valence-electron chi connectivity index (χ2n) is 6.22. The zero-order valence-corrected chi connectivity index (χ0v) is 17.0. The normalized spacial score (nSPS) is 22.6. The summed E-state index contributed by atoms with van der Waals surface area (Å²) in [6, 6.07) is 16.7. The lowest BCUT2D eigenvalue weighted by Crippen LogP contribution is -2.38. The summed E-state index contributed by atoms with van der Waals surface area (Å²) in [6.45, 7) is 1.92. The van der Waals surface area contributed by atoms with Crippen molar-refractivity contribution in [1.29, 1.82) is 0 Å². The summed E-state index contributed by atoms with van der Waals surface area (Å²) in [5, 5.41) is 0. The van der Waals surface area contributed by atoms with Crippen molar-refractivity contribution in [2.24, 2.45) is 4.40 Å². The van der Waals surface area contributed by atoms with Crippen molar-refractivity contribution in [2.75, 3.05) is 4.43 Å². The average molecular weight is 469 g/mol. The van der Waals surface area contributed by atoms with E-state index in [0.717, 1.165) is 28.4 Å². The van der Waals surface area contributed by atoms with Gasteiger partial charge in [0.05, 0.1) is 4.90 Å². The molecule has 1 aliphatic heterocycles. The van der Waals surface area contributed by atoms with Crippen molar-refractivity contribution in [3.05, 3.63) is 65.7 Å². The van der Waals surface area contributed by atoms with Crippen LogP contribution in [-0.2, 0) is 20.4 Å². The van der Waals surface area contributed by atoms with Crippen LogP contribution in [0.4, 0.5) is 0 Å². The predicted molar refractivity (Wildman–Crippen MR) is 108 cm³/mol. The molecule has 6 heteroatoms. The predicted octanol–water partition coefficient (Wildman–Crippen LogP) is 4.61. The first-order valence-electron chi connectivity index (χ1n) is 8.16. The van der Waals surface area contributed by atoms with Gasteiger partial charge in [-0.05, 0) is 37.5 Å². The maximum Gasteiger partial charge on any atom is 0.285 e. The number of aryl methyl sites for hydroxylation is 1. The van der Waals surface area contributed by atoms with Crippen molar-refractivity contribution in [3.8, 4) is 0 Å². The Morgan fingerprint density at radius 1 is 1.12 bits per heavy atom. The lowest BCUT2D eigenvalue weighted by atomic mass is 9.88. The first-order valence-corrected chi connectivity index (χ1v) is 11.1. The van der Waals surface area contributed by atoms with Gasteiger partial charge < -0.3 is 4.74 Å². The Bertz CT molecular complexity index is 863. The van der Waals surface area contributed by atoms with Crippen molar-refractivity contribution < 1.29 is 13.2 Å². The number of hydrogen-bond acceptors (Lipinski definition) is 3. The van der Waals surface area contributed by atoms with Crippen LogP contribution in [-0.4, -0.2) is 18.7 Å². The van der Waals surface area contributed by atoms with Crippen LogP contribution in [0.5, 0.6) is 0 Å². The Kier molecular flexibility index (Phi) is 5.48. The van der Waals surface area contributed by atoms with Gasteiger partial charge in [0.15, 0.2) is 0 Å². The summed E-state index contributed by atoms with van der Waals surface area (Å²) in [6.07, 6.45) is 2.24. The highest BCUT2D eigenvalue weighted by Crippen LogP contribution is 2.38. The minimum absolute atomic E-state index is 0.194. The molecule has 132 valence electrons. The molecule has 0 unspecified atom stereocenters. The second kappa shape index (κ2) is 7.45. The highest BCUT2D eigenvalue weighted by molar-refractivity contribution is 14.1. The number of rotatable bonds is 4. The van der Waals surface area contributed by atoms with E-state index in [0.29, 0.717) is 12.3 Å². The molecule has 0 spiro atoms. The zero-order valence-electron chi connectivity index (χ0n) is 14.0. The van der Waals surface area contributed by atoms with Crippen LogP contribution in [0.3, 0.4) is 0 Å². The van der Waals surface area contributed by atoms with E-state index >= 15 is 0 Å². The smallest absolute Gasteiger partial charge is 0.285 e. The number of ether oxygens (including phenoxy) is 1. The van der Waals surface area contributed by atoms with Gasteiger partial charge in [-0.15, -0.1) is 4.40 Å². The van der Waals surface area contributed by atoms with E-state index in [-0.39, 0.29) is 4.90 Å². The summed E-state index contributed by atoms with van der Waals surface area (Å²) in [7, 11) is -3.76. The van der Waals surface area contributed by atoms with E-state index in [4.69, 9.17) is 4.74 Å². The van der Waals surface area contributed by atoms with E-state index in [1.165, 1.54) is 0 Å². The zero-order chi connectivity index (χ0) is 17.9. The molecule has 0 saturated carbocycles. The lowest BCUT2D eigenvalue weighted by Gasteiger charge is -2.37. The molecule has 0 aromatic heterocycles. The summed E-state index contributed by atoms with van der Waals surface area (Å²) in [4.78, 5) is 0.194. The van der Waals surface area contributed by atoms with Crippen LogP contribution < -0.4 is 0 Å². The van der Waals surface area contributed by atoms with Gasteiger partial charge in [-0.1, -0.05) is 70.6 Å². The molecule has 2 aromatic carbocycles. The molecule has 0 bridgehead atoms.